The van der Waals surface area contributed by atoms with Gasteiger partial charge in [0.2, 0.25) is 0 Å². The highest BCUT2D eigenvalue weighted by Gasteiger charge is 2.34. The van der Waals surface area contributed by atoms with Crippen LogP contribution in [0.3, 0.4) is 0 Å². The van der Waals surface area contributed by atoms with Crippen molar-refractivity contribution in [2.24, 2.45) is 0 Å². The van der Waals surface area contributed by atoms with Crippen LogP contribution in [-0.2, 0) is 5.41 Å². The zero-order chi connectivity index (χ0) is 19.9. The molecular weight excluding hydrogens is 455 g/mol. The van der Waals surface area contributed by atoms with Gasteiger partial charge in [-0.15, -0.1) is 0 Å². The van der Waals surface area contributed by atoms with E-state index in [-0.39, 0.29) is 26.4 Å². The maximum Gasteiger partial charge on any atom is 0.0497 e. The molecule has 2 nitrogen and oxygen atoms in total. The first-order chi connectivity index (χ1) is 13.4. The van der Waals surface area contributed by atoms with Crippen molar-refractivity contribution in [3.8, 4) is 0 Å². The molecule has 0 saturated heterocycles. The first kappa shape index (κ1) is 19.2. The summed E-state index contributed by atoms with van der Waals surface area (Å²) in [7, 11) is 6.40. The summed E-state index contributed by atoms with van der Waals surface area (Å²) in [5.41, 5.74) is 5.38. The maximum absolute atomic E-state index is 2.49. The molecule has 0 spiro atoms. The summed E-state index contributed by atoms with van der Waals surface area (Å²) in [6, 6.07) is 22.1. The molecule has 3 aromatic rings. The molecule has 3 aromatic carbocycles. The molecule has 0 unspecified atom stereocenters. The van der Waals surface area contributed by atoms with E-state index >= 15 is 0 Å². The number of allylic oxidation sites excluding steroid dienone is 1. The van der Waals surface area contributed by atoms with Gasteiger partial charge in [0.05, 0.1) is 0 Å². The third kappa shape index (κ3) is 3.37. The van der Waals surface area contributed by atoms with E-state index in [9.17, 15) is 0 Å². The molecule has 0 aliphatic carbocycles. The van der Waals surface area contributed by atoms with Crippen LogP contribution >= 0.6 is 21.0 Å². The van der Waals surface area contributed by atoms with Crippen LogP contribution < -0.4 is 8.01 Å². The predicted molar refractivity (Wildman–Crippen MR) is 134 cm³/mol. The van der Waals surface area contributed by atoms with E-state index in [4.69, 9.17) is 0 Å². The number of benzene rings is 3. The van der Waals surface area contributed by atoms with Crippen LogP contribution in [0.1, 0.15) is 25.0 Å². The summed E-state index contributed by atoms with van der Waals surface area (Å²) >= 11 is -0.210. The SMILES string of the molecule is CN(C)c1ccc(C=CC2=IN(C)c3ccc4ccccc4c3C2(C)C)cc1. The molecule has 0 aromatic heterocycles. The fourth-order valence-electron chi connectivity index (χ4n) is 3.87. The van der Waals surface area contributed by atoms with Gasteiger partial charge in [-0.05, 0) is 40.1 Å². The van der Waals surface area contributed by atoms with Crippen molar-refractivity contribution in [1.82, 2.24) is 0 Å². The third-order valence-electron chi connectivity index (χ3n) is 5.51. The number of anilines is 2. The summed E-state index contributed by atoms with van der Waals surface area (Å²) in [5.74, 6) is 0. The van der Waals surface area contributed by atoms with E-state index in [0.717, 1.165) is 0 Å². The van der Waals surface area contributed by atoms with Crippen molar-refractivity contribution in [2.75, 3.05) is 29.2 Å². The molecule has 0 N–H and O–H groups in total. The fourth-order valence-corrected chi connectivity index (χ4v) is 6.53. The minimum absolute atomic E-state index is 0.0378. The van der Waals surface area contributed by atoms with Gasteiger partial charge >= 0.3 is 0 Å². The Balaban J connectivity index is 1.74. The summed E-state index contributed by atoms with van der Waals surface area (Å²) in [6.07, 6.45) is 4.65. The Bertz CT molecular complexity index is 1080. The Hall–Kier alpha value is -2.14. The molecule has 0 saturated carbocycles. The van der Waals surface area contributed by atoms with Crippen LogP contribution in [0.5, 0.6) is 0 Å². The van der Waals surface area contributed by atoms with Gasteiger partial charge in [-0.1, -0.05) is 68.5 Å². The lowest BCUT2D eigenvalue weighted by Gasteiger charge is -2.37. The van der Waals surface area contributed by atoms with Crippen LogP contribution in [0.4, 0.5) is 11.4 Å². The van der Waals surface area contributed by atoms with E-state index in [2.05, 4.69) is 116 Å². The second-order valence-electron chi connectivity index (χ2n) is 8.03. The molecular formula is C25H27IN2. The van der Waals surface area contributed by atoms with Gasteiger partial charge in [0.25, 0.3) is 0 Å². The van der Waals surface area contributed by atoms with Gasteiger partial charge in [-0.3, -0.25) is 0 Å². The molecule has 0 amide bonds. The van der Waals surface area contributed by atoms with E-state index in [1.807, 2.05) is 0 Å². The minimum atomic E-state index is -0.210. The quantitative estimate of drug-likeness (QED) is 0.315. The average molecular weight is 482 g/mol. The van der Waals surface area contributed by atoms with Gasteiger partial charge in [-0.25, -0.2) is 0 Å². The van der Waals surface area contributed by atoms with Crippen LogP contribution in [0.15, 0.2) is 66.7 Å². The van der Waals surface area contributed by atoms with Crippen molar-refractivity contribution in [3.05, 3.63) is 77.9 Å². The Morgan fingerprint density at radius 3 is 2.32 bits per heavy atom. The third-order valence-corrected chi connectivity index (χ3v) is 8.98. The van der Waals surface area contributed by atoms with Crippen LogP contribution in [-0.4, -0.2) is 24.7 Å². The zero-order valence-electron chi connectivity index (χ0n) is 17.2. The number of nitrogens with zero attached hydrogens (tertiary/aromatic N) is 2. The normalized spacial score (nSPS) is 15.9. The number of halogens is 1. The van der Waals surface area contributed by atoms with Crippen molar-refractivity contribution in [2.45, 2.75) is 19.3 Å². The zero-order valence-corrected chi connectivity index (χ0v) is 19.4. The molecule has 0 radical (unpaired) electrons. The fraction of sp³-hybridized carbons (Fsp3) is 0.240. The van der Waals surface area contributed by atoms with E-state index in [1.165, 1.54) is 33.3 Å². The van der Waals surface area contributed by atoms with E-state index in [0.29, 0.717) is 0 Å². The average Bonchev–Trinajstić information content (AvgIpc) is 2.69. The second kappa shape index (κ2) is 7.36. The first-order valence-corrected chi connectivity index (χ1v) is 11.7. The predicted octanol–water partition coefficient (Wildman–Crippen LogP) is 6.40. The number of rotatable bonds is 3. The largest absolute Gasteiger partial charge is 0.378 e. The Kier molecular flexibility index (Phi) is 5.04. The Morgan fingerprint density at radius 1 is 0.893 bits per heavy atom. The standard InChI is InChI=1S/C25H27IN2/c1-25(2)23(17-12-18-10-14-20(15-11-18)27(3)4)26-28(5)22-16-13-19-8-6-7-9-21(19)24(22)25/h6-17H,1-5H3. The number of fused-ring (bicyclic) bond motifs is 3. The lowest BCUT2D eigenvalue weighted by atomic mass is 9.77. The molecule has 3 heteroatoms. The monoisotopic (exact) mass is 482 g/mol. The van der Waals surface area contributed by atoms with Gasteiger partial charge in [-0.2, -0.15) is 0 Å². The van der Waals surface area contributed by atoms with Gasteiger partial charge in [0.15, 0.2) is 0 Å². The molecule has 28 heavy (non-hydrogen) atoms. The van der Waals surface area contributed by atoms with E-state index < -0.39 is 0 Å². The number of hydrogen-bond donors (Lipinski definition) is 0. The molecule has 1 aliphatic heterocycles. The minimum Gasteiger partial charge on any atom is -0.378 e. The van der Waals surface area contributed by atoms with Crippen molar-refractivity contribution >= 4 is 52.7 Å². The molecule has 4 rings (SSSR count). The van der Waals surface area contributed by atoms with Gasteiger partial charge < -0.3 is 8.01 Å². The van der Waals surface area contributed by atoms with Crippen molar-refractivity contribution < 1.29 is 0 Å². The van der Waals surface area contributed by atoms with Gasteiger partial charge in [0, 0.05) is 62.4 Å². The Labute approximate surface area is 178 Å². The molecule has 1 aliphatic rings. The lowest BCUT2D eigenvalue weighted by molar-refractivity contribution is 0.740. The summed E-state index contributed by atoms with van der Waals surface area (Å²) in [5, 5.41) is 2.70. The topological polar surface area (TPSA) is 6.48 Å². The number of hydrogen-bond acceptors (Lipinski definition) is 2. The lowest BCUT2D eigenvalue weighted by Crippen LogP contribution is -2.32. The summed E-state index contributed by atoms with van der Waals surface area (Å²) in [6.45, 7) is 4.78. The molecule has 0 fully saturated rings. The molecule has 0 atom stereocenters. The molecule has 0 bridgehead atoms. The second-order valence-corrected chi connectivity index (χ2v) is 11.1. The highest BCUT2D eigenvalue weighted by molar-refractivity contribution is 14.2. The highest BCUT2D eigenvalue weighted by atomic mass is 127. The van der Waals surface area contributed by atoms with Crippen LogP contribution in [0, 0.1) is 0 Å². The van der Waals surface area contributed by atoms with Crippen LogP contribution in [0.2, 0.25) is 0 Å². The summed E-state index contributed by atoms with van der Waals surface area (Å²) < 4.78 is 4.04. The molecule has 144 valence electrons. The van der Waals surface area contributed by atoms with Crippen molar-refractivity contribution in [3.63, 3.8) is 0 Å². The smallest absolute Gasteiger partial charge is 0.0497 e. The first-order valence-electron chi connectivity index (χ1n) is 9.62. The molecule has 1 heterocycles. The highest BCUT2D eigenvalue weighted by Crippen LogP contribution is 2.46. The van der Waals surface area contributed by atoms with Crippen molar-refractivity contribution in [1.29, 1.82) is 0 Å². The summed E-state index contributed by atoms with van der Waals surface area (Å²) in [4.78, 5) is 2.13. The Morgan fingerprint density at radius 2 is 1.61 bits per heavy atom. The van der Waals surface area contributed by atoms with Gasteiger partial charge in [0.1, 0.15) is 0 Å². The van der Waals surface area contributed by atoms with Crippen LogP contribution in [0.25, 0.3) is 16.8 Å². The maximum atomic E-state index is 2.49. The van der Waals surface area contributed by atoms with E-state index in [1.54, 1.807) is 3.51 Å².